The highest BCUT2D eigenvalue weighted by Crippen LogP contribution is 2.25. The Morgan fingerprint density at radius 2 is 1.91 bits per heavy atom. The lowest BCUT2D eigenvalue weighted by molar-refractivity contribution is 0.0425. The molecule has 64 valence electrons. The quantitative estimate of drug-likeness (QED) is 0.574. The van der Waals surface area contributed by atoms with E-state index in [0.29, 0.717) is 6.61 Å². The van der Waals surface area contributed by atoms with Crippen LogP contribution in [0.4, 0.5) is 0 Å². The summed E-state index contributed by atoms with van der Waals surface area (Å²) in [5.41, 5.74) is -0.0353. The van der Waals surface area contributed by atoms with E-state index >= 15 is 0 Å². The third-order valence-electron chi connectivity index (χ3n) is 1.96. The zero-order valence-electron chi connectivity index (χ0n) is 7.82. The van der Waals surface area contributed by atoms with E-state index in [1.165, 1.54) is 0 Å². The van der Waals surface area contributed by atoms with E-state index in [1.807, 2.05) is 0 Å². The predicted octanol–water partition coefficient (Wildman–Crippen LogP) is 1.68. The lowest BCUT2D eigenvalue weighted by Crippen LogP contribution is -2.59. The van der Waals surface area contributed by atoms with Crippen molar-refractivity contribution in [2.45, 2.75) is 38.8 Å². The minimum atomic E-state index is -0.0955. The average Bonchev–Trinajstić information content (AvgIpc) is 1.77. The molecule has 2 heteroatoms. The van der Waals surface area contributed by atoms with E-state index in [4.69, 9.17) is 4.74 Å². The van der Waals surface area contributed by atoms with Gasteiger partial charge in [0.05, 0.1) is 5.54 Å². The van der Waals surface area contributed by atoms with Crippen molar-refractivity contribution < 1.29 is 4.74 Å². The van der Waals surface area contributed by atoms with Crippen LogP contribution >= 0.6 is 0 Å². The molecule has 1 aliphatic rings. The molecule has 0 radical (unpaired) electrons. The summed E-state index contributed by atoms with van der Waals surface area (Å²) in [6.45, 7) is 13.0. The van der Waals surface area contributed by atoms with Gasteiger partial charge in [-0.2, -0.15) is 0 Å². The summed E-state index contributed by atoms with van der Waals surface area (Å²) in [6, 6.07) is 0. The molecule has 0 unspecified atom stereocenters. The van der Waals surface area contributed by atoms with Gasteiger partial charge in [0.25, 0.3) is 0 Å². The van der Waals surface area contributed by atoms with Crippen molar-refractivity contribution in [3.8, 4) is 0 Å². The Bertz CT molecular complexity index is 182. The summed E-state index contributed by atoms with van der Waals surface area (Å²) in [4.78, 5) is 0. The molecule has 0 aromatic rings. The molecule has 1 N–H and O–H groups in total. The minimum Gasteiger partial charge on any atom is -0.495 e. The first-order valence-corrected chi connectivity index (χ1v) is 3.95. The maximum atomic E-state index is 5.45. The van der Waals surface area contributed by atoms with Gasteiger partial charge >= 0.3 is 0 Å². The summed E-state index contributed by atoms with van der Waals surface area (Å²) in [7, 11) is 0. The van der Waals surface area contributed by atoms with Crippen LogP contribution in [0.25, 0.3) is 0 Å². The van der Waals surface area contributed by atoms with Crippen molar-refractivity contribution >= 4 is 0 Å². The van der Waals surface area contributed by atoms with Crippen LogP contribution in [0.2, 0.25) is 0 Å². The second kappa shape index (κ2) is 2.24. The molecular weight excluding hydrogens is 138 g/mol. The summed E-state index contributed by atoms with van der Waals surface area (Å²) in [6.07, 6.45) is 0. The lowest BCUT2D eigenvalue weighted by Gasteiger charge is -2.43. The highest BCUT2D eigenvalue weighted by atomic mass is 16.5. The van der Waals surface area contributed by atoms with Gasteiger partial charge in [0, 0.05) is 5.54 Å². The first-order valence-electron chi connectivity index (χ1n) is 3.95. The number of morpholine rings is 1. The fraction of sp³-hybridized carbons (Fsp3) is 0.778. The monoisotopic (exact) mass is 155 g/mol. The fourth-order valence-corrected chi connectivity index (χ4v) is 1.40. The SMILES string of the molecule is C=C1OCC(C)(C)NC1(C)C. The second-order valence-corrected chi connectivity index (χ2v) is 4.35. The molecule has 0 amide bonds. The summed E-state index contributed by atoms with van der Waals surface area (Å²) < 4.78 is 5.45. The lowest BCUT2D eigenvalue weighted by atomic mass is 9.94. The van der Waals surface area contributed by atoms with Gasteiger partial charge in [-0.25, -0.2) is 0 Å². The van der Waals surface area contributed by atoms with Crippen LogP contribution < -0.4 is 5.32 Å². The van der Waals surface area contributed by atoms with Crippen LogP contribution in [0.15, 0.2) is 12.3 Å². The summed E-state index contributed by atoms with van der Waals surface area (Å²) in [5.74, 6) is 0.830. The molecule has 0 saturated carbocycles. The highest BCUT2D eigenvalue weighted by molar-refractivity contribution is 5.11. The molecule has 1 rings (SSSR count). The van der Waals surface area contributed by atoms with Crippen molar-refractivity contribution in [3.63, 3.8) is 0 Å². The van der Waals surface area contributed by atoms with Gasteiger partial charge in [-0.1, -0.05) is 6.58 Å². The Morgan fingerprint density at radius 1 is 1.36 bits per heavy atom. The smallest absolute Gasteiger partial charge is 0.108 e. The molecule has 11 heavy (non-hydrogen) atoms. The summed E-state index contributed by atoms with van der Waals surface area (Å²) in [5, 5.41) is 3.46. The fourth-order valence-electron chi connectivity index (χ4n) is 1.40. The van der Waals surface area contributed by atoms with Crippen molar-refractivity contribution in [1.29, 1.82) is 0 Å². The Hall–Kier alpha value is -0.500. The maximum absolute atomic E-state index is 5.45. The van der Waals surface area contributed by atoms with Gasteiger partial charge in [0.2, 0.25) is 0 Å². The minimum absolute atomic E-state index is 0.0602. The Kier molecular flexibility index (Phi) is 1.75. The molecule has 1 saturated heterocycles. The Balaban J connectivity index is 2.75. The van der Waals surface area contributed by atoms with E-state index in [-0.39, 0.29) is 11.1 Å². The molecular formula is C9H17NO. The first-order chi connectivity index (χ1) is 4.83. The van der Waals surface area contributed by atoms with Crippen molar-refractivity contribution in [1.82, 2.24) is 5.32 Å². The largest absolute Gasteiger partial charge is 0.495 e. The Labute approximate surface area is 68.6 Å². The number of hydrogen-bond acceptors (Lipinski definition) is 2. The van der Waals surface area contributed by atoms with Crippen LogP contribution in [-0.2, 0) is 4.74 Å². The second-order valence-electron chi connectivity index (χ2n) is 4.35. The molecule has 1 aliphatic heterocycles. The van der Waals surface area contributed by atoms with Crippen molar-refractivity contribution in [2.75, 3.05) is 6.61 Å². The van der Waals surface area contributed by atoms with Crippen molar-refractivity contribution in [2.24, 2.45) is 0 Å². The van der Waals surface area contributed by atoms with Crippen LogP contribution in [0.1, 0.15) is 27.7 Å². The van der Waals surface area contributed by atoms with Crippen LogP contribution in [-0.4, -0.2) is 17.7 Å². The predicted molar refractivity (Wildman–Crippen MR) is 46.4 cm³/mol. The van der Waals surface area contributed by atoms with Gasteiger partial charge in [-0.15, -0.1) is 0 Å². The van der Waals surface area contributed by atoms with Gasteiger partial charge in [0.15, 0.2) is 0 Å². The molecule has 0 atom stereocenters. The van der Waals surface area contributed by atoms with Crippen LogP contribution in [0.3, 0.4) is 0 Å². The van der Waals surface area contributed by atoms with Crippen LogP contribution in [0.5, 0.6) is 0 Å². The zero-order valence-corrected chi connectivity index (χ0v) is 7.82. The third kappa shape index (κ3) is 1.74. The number of ether oxygens (including phenoxy) is 1. The number of nitrogens with one attached hydrogen (secondary N) is 1. The normalized spacial score (nSPS) is 27.8. The van der Waals surface area contributed by atoms with Gasteiger partial charge in [-0.3, -0.25) is 5.32 Å². The maximum Gasteiger partial charge on any atom is 0.108 e. The van der Waals surface area contributed by atoms with Gasteiger partial charge < -0.3 is 4.74 Å². The van der Waals surface area contributed by atoms with Crippen molar-refractivity contribution in [3.05, 3.63) is 12.3 Å². The molecule has 0 aromatic carbocycles. The van der Waals surface area contributed by atoms with E-state index in [9.17, 15) is 0 Å². The zero-order chi connectivity index (χ0) is 8.70. The highest BCUT2D eigenvalue weighted by Gasteiger charge is 2.36. The molecule has 1 heterocycles. The first kappa shape index (κ1) is 8.60. The molecule has 1 fully saturated rings. The molecule has 0 bridgehead atoms. The molecule has 0 aromatic heterocycles. The molecule has 0 spiro atoms. The van der Waals surface area contributed by atoms with E-state index in [0.717, 1.165) is 5.76 Å². The summed E-state index contributed by atoms with van der Waals surface area (Å²) >= 11 is 0. The molecule has 0 aliphatic carbocycles. The van der Waals surface area contributed by atoms with Gasteiger partial charge in [0.1, 0.15) is 12.4 Å². The Morgan fingerprint density at radius 3 is 2.27 bits per heavy atom. The van der Waals surface area contributed by atoms with Gasteiger partial charge in [-0.05, 0) is 27.7 Å². The standard InChI is InChI=1S/C9H17NO/c1-7-9(4,5)10-8(2,3)6-11-7/h10H,1,6H2,2-5H3. The number of hydrogen-bond donors (Lipinski definition) is 1. The third-order valence-corrected chi connectivity index (χ3v) is 1.96. The van der Waals surface area contributed by atoms with E-state index in [2.05, 4.69) is 39.6 Å². The topological polar surface area (TPSA) is 21.3 Å². The van der Waals surface area contributed by atoms with E-state index < -0.39 is 0 Å². The molecule has 2 nitrogen and oxygen atoms in total. The van der Waals surface area contributed by atoms with E-state index in [1.54, 1.807) is 0 Å². The number of rotatable bonds is 0. The van der Waals surface area contributed by atoms with Crippen LogP contribution in [0, 0.1) is 0 Å². The average molecular weight is 155 g/mol.